The van der Waals surface area contributed by atoms with Crippen LogP contribution in [0, 0.1) is 0 Å². The first-order valence-corrected chi connectivity index (χ1v) is 6.50. The molecule has 3 N–H and O–H groups in total. The van der Waals surface area contributed by atoms with Gasteiger partial charge in [-0.25, -0.2) is 4.79 Å². The molecule has 0 spiro atoms. The number of nitrogens with two attached hydrogens (primary N) is 1. The van der Waals surface area contributed by atoms with Gasteiger partial charge in [-0.15, -0.1) is 0 Å². The van der Waals surface area contributed by atoms with Crippen molar-refractivity contribution < 1.29 is 14.6 Å². The Kier molecular flexibility index (Phi) is 3.98. The van der Waals surface area contributed by atoms with Crippen molar-refractivity contribution in [1.29, 1.82) is 0 Å². The summed E-state index contributed by atoms with van der Waals surface area (Å²) in [6, 6.07) is 0. The van der Waals surface area contributed by atoms with Crippen LogP contribution in [0.25, 0.3) is 0 Å². The molecule has 0 radical (unpaired) electrons. The van der Waals surface area contributed by atoms with Crippen molar-refractivity contribution in [3.63, 3.8) is 0 Å². The van der Waals surface area contributed by atoms with Gasteiger partial charge in [-0.3, -0.25) is 0 Å². The molecule has 1 fully saturated rings. The zero-order chi connectivity index (χ0) is 14.2. The summed E-state index contributed by atoms with van der Waals surface area (Å²) in [7, 11) is 0. The molecule has 0 aromatic carbocycles. The largest absolute Gasteiger partial charge is 0.444 e. The Morgan fingerprint density at radius 1 is 1.44 bits per heavy atom. The van der Waals surface area contributed by atoms with Gasteiger partial charge in [-0.1, -0.05) is 6.92 Å². The van der Waals surface area contributed by atoms with E-state index in [0.717, 1.165) is 0 Å². The van der Waals surface area contributed by atoms with Crippen molar-refractivity contribution in [2.45, 2.75) is 64.2 Å². The molecule has 0 bridgehead atoms. The Labute approximate surface area is 109 Å². The maximum Gasteiger partial charge on any atom is 0.410 e. The molecule has 5 heteroatoms. The second-order valence-corrected chi connectivity index (χ2v) is 6.45. The van der Waals surface area contributed by atoms with Gasteiger partial charge >= 0.3 is 6.09 Å². The molecule has 1 aliphatic heterocycles. The third-order valence-corrected chi connectivity index (χ3v) is 3.70. The van der Waals surface area contributed by atoms with Crippen molar-refractivity contribution in [2.24, 2.45) is 5.73 Å². The van der Waals surface area contributed by atoms with Gasteiger partial charge in [0.05, 0.1) is 6.54 Å². The van der Waals surface area contributed by atoms with E-state index in [-0.39, 0.29) is 12.6 Å². The van der Waals surface area contributed by atoms with E-state index in [1.54, 1.807) is 0 Å². The molecule has 1 rings (SSSR count). The summed E-state index contributed by atoms with van der Waals surface area (Å²) in [5, 5.41) is 10.6. The molecule has 1 heterocycles. The fourth-order valence-corrected chi connectivity index (χ4v) is 2.07. The van der Waals surface area contributed by atoms with Crippen molar-refractivity contribution in [3.8, 4) is 0 Å². The molecule has 18 heavy (non-hydrogen) atoms. The monoisotopic (exact) mass is 258 g/mol. The van der Waals surface area contributed by atoms with Gasteiger partial charge in [0.1, 0.15) is 11.2 Å². The molecule has 106 valence electrons. The molecule has 0 aliphatic carbocycles. The van der Waals surface area contributed by atoms with Crippen LogP contribution in [0.15, 0.2) is 0 Å². The van der Waals surface area contributed by atoms with Crippen LogP contribution in [-0.4, -0.2) is 45.9 Å². The maximum atomic E-state index is 11.9. The first-order chi connectivity index (χ1) is 8.01. The lowest BCUT2D eigenvalue weighted by Gasteiger charge is -2.39. The van der Waals surface area contributed by atoms with Crippen LogP contribution in [0.4, 0.5) is 4.79 Å². The highest BCUT2D eigenvalue weighted by molar-refractivity contribution is 5.68. The zero-order valence-electron chi connectivity index (χ0n) is 12.1. The van der Waals surface area contributed by atoms with E-state index in [1.807, 2.05) is 34.6 Å². The summed E-state index contributed by atoms with van der Waals surface area (Å²) >= 11 is 0. The van der Waals surface area contributed by atoms with Crippen LogP contribution < -0.4 is 5.73 Å². The third kappa shape index (κ3) is 3.14. The minimum atomic E-state index is -1.03. The van der Waals surface area contributed by atoms with Gasteiger partial charge in [0, 0.05) is 12.1 Å². The van der Waals surface area contributed by atoms with E-state index in [4.69, 9.17) is 10.5 Å². The van der Waals surface area contributed by atoms with E-state index in [0.29, 0.717) is 19.4 Å². The predicted octanol–water partition coefficient (Wildman–Crippen LogP) is 1.49. The lowest BCUT2D eigenvalue weighted by molar-refractivity contribution is -0.0255. The summed E-state index contributed by atoms with van der Waals surface area (Å²) < 4.78 is 5.30. The zero-order valence-corrected chi connectivity index (χ0v) is 12.1. The molecule has 1 aliphatic rings. The molecule has 2 atom stereocenters. The average Bonchev–Trinajstić information content (AvgIpc) is 2.60. The standard InChI is InChI=1S/C13H26N2O3/c1-6-12(5,14)13(17)7-8-15(9-13)10(16)18-11(2,3)4/h17H,6-9,14H2,1-5H3. The minimum absolute atomic E-state index is 0.239. The van der Waals surface area contributed by atoms with Crippen LogP contribution in [0.2, 0.25) is 0 Å². The molecule has 5 nitrogen and oxygen atoms in total. The number of ether oxygens (including phenoxy) is 1. The van der Waals surface area contributed by atoms with Gasteiger partial charge in [0.25, 0.3) is 0 Å². The number of carbonyl (C=O) groups excluding carboxylic acids is 1. The molecule has 0 aromatic heterocycles. The van der Waals surface area contributed by atoms with Crippen molar-refractivity contribution in [1.82, 2.24) is 4.90 Å². The van der Waals surface area contributed by atoms with Crippen LogP contribution in [0.3, 0.4) is 0 Å². The average molecular weight is 258 g/mol. The number of β-amino-alcohol motifs (C(OH)–C–C–N with tert-alkyl or cyclic N) is 1. The summed E-state index contributed by atoms with van der Waals surface area (Å²) in [6.07, 6.45) is 0.768. The molecular weight excluding hydrogens is 232 g/mol. The number of likely N-dealkylation sites (tertiary alicyclic amines) is 1. The Morgan fingerprint density at radius 3 is 2.44 bits per heavy atom. The number of nitrogens with zero attached hydrogens (tertiary/aromatic N) is 1. The van der Waals surface area contributed by atoms with Crippen molar-refractivity contribution in [2.75, 3.05) is 13.1 Å². The van der Waals surface area contributed by atoms with Gasteiger partial charge in [-0.05, 0) is 40.5 Å². The predicted molar refractivity (Wildman–Crippen MR) is 70.3 cm³/mol. The quantitative estimate of drug-likeness (QED) is 0.786. The first-order valence-electron chi connectivity index (χ1n) is 6.50. The number of carbonyl (C=O) groups is 1. The molecule has 0 aromatic rings. The highest BCUT2D eigenvalue weighted by atomic mass is 16.6. The number of amides is 1. The molecular formula is C13H26N2O3. The SMILES string of the molecule is CCC(C)(N)C1(O)CCN(C(=O)OC(C)(C)C)C1. The Hall–Kier alpha value is -0.810. The van der Waals surface area contributed by atoms with E-state index >= 15 is 0 Å². The Bertz CT molecular complexity index is 323. The fraction of sp³-hybridized carbons (Fsp3) is 0.923. The Morgan fingerprint density at radius 2 is 2.00 bits per heavy atom. The van der Waals surface area contributed by atoms with Crippen LogP contribution in [0.5, 0.6) is 0 Å². The molecule has 2 unspecified atom stereocenters. The van der Waals surface area contributed by atoms with Gasteiger partial charge in [0.15, 0.2) is 0 Å². The van der Waals surface area contributed by atoms with Crippen LogP contribution >= 0.6 is 0 Å². The van der Waals surface area contributed by atoms with Crippen LogP contribution in [-0.2, 0) is 4.74 Å². The van der Waals surface area contributed by atoms with E-state index in [1.165, 1.54) is 4.90 Å². The minimum Gasteiger partial charge on any atom is -0.444 e. The summed E-state index contributed by atoms with van der Waals surface area (Å²) in [6.45, 7) is 9.96. The maximum absolute atomic E-state index is 11.9. The molecule has 1 saturated heterocycles. The smallest absolute Gasteiger partial charge is 0.410 e. The highest BCUT2D eigenvalue weighted by Gasteiger charge is 2.49. The topological polar surface area (TPSA) is 75.8 Å². The second kappa shape index (κ2) is 4.70. The number of hydrogen-bond acceptors (Lipinski definition) is 4. The normalized spacial score (nSPS) is 28.1. The molecule has 1 amide bonds. The van der Waals surface area contributed by atoms with Gasteiger partial charge in [0.2, 0.25) is 0 Å². The third-order valence-electron chi connectivity index (χ3n) is 3.70. The van der Waals surface area contributed by atoms with E-state index in [2.05, 4.69) is 0 Å². The van der Waals surface area contributed by atoms with Crippen LogP contribution in [0.1, 0.15) is 47.5 Å². The number of rotatable bonds is 2. The first kappa shape index (κ1) is 15.2. The van der Waals surface area contributed by atoms with E-state index < -0.39 is 16.7 Å². The lowest BCUT2D eigenvalue weighted by Crippen LogP contribution is -2.59. The van der Waals surface area contributed by atoms with Gasteiger partial charge in [-0.2, -0.15) is 0 Å². The number of hydrogen-bond donors (Lipinski definition) is 2. The van der Waals surface area contributed by atoms with Gasteiger partial charge < -0.3 is 20.5 Å². The highest BCUT2D eigenvalue weighted by Crippen LogP contribution is 2.33. The summed E-state index contributed by atoms with van der Waals surface area (Å²) in [5.74, 6) is 0. The van der Waals surface area contributed by atoms with E-state index in [9.17, 15) is 9.90 Å². The van der Waals surface area contributed by atoms with Crippen molar-refractivity contribution >= 4 is 6.09 Å². The summed E-state index contributed by atoms with van der Waals surface area (Å²) in [4.78, 5) is 13.4. The van der Waals surface area contributed by atoms with Crippen molar-refractivity contribution in [3.05, 3.63) is 0 Å². The number of aliphatic hydroxyl groups is 1. The molecule has 0 saturated carbocycles. The second-order valence-electron chi connectivity index (χ2n) is 6.45. The Balaban J connectivity index is 2.69. The summed E-state index contributed by atoms with van der Waals surface area (Å²) in [5.41, 5.74) is 3.88. The lowest BCUT2D eigenvalue weighted by atomic mass is 9.79. The fourth-order valence-electron chi connectivity index (χ4n) is 2.07.